The van der Waals surface area contributed by atoms with Gasteiger partial charge in [-0.2, -0.15) is 0 Å². The lowest BCUT2D eigenvalue weighted by molar-refractivity contribution is -0.436. The van der Waals surface area contributed by atoms with Crippen LogP contribution in [0.1, 0.15) is 33.1 Å². The summed E-state index contributed by atoms with van der Waals surface area (Å²) in [6.07, 6.45) is 4.15. The molecule has 3 saturated carbocycles. The van der Waals surface area contributed by atoms with Crippen LogP contribution in [0.15, 0.2) is 24.3 Å². The summed E-state index contributed by atoms with van der Waals surface area (Å²) >= 11 is 0. The van der Waals surface area contributed by atoms with Crippen LogP contribution in [0.3, 0.4) is 0 Å². The van der Waals surface area contributed by atoms with Crippen LogP contribution in [-0.4, -0.2) is 45.7 Å². The Labute approximate surface area is 147 Å². The first-order chi connectivity index (χ1) is 11.6. The Kier molecular flexibility index (Phi) is 2.77. The summed E-state index contributed by atoms with van der Waals surface area (Å²) < 4.78 is 5.84. The highest BCUT2D eigenvalue weighted by atomic mass is 16.6. The lowest BCUT2D eigenvalue weighted by atomic mass is 9.37. The number of allylic oxidation sites excluding steroid dienone is 1. The minimum Gasteiger partial charge on any atom is -0.391 e. The molecule has 5 fully saturated rings. The Hall–Kier alpha value is -1.01. The molecular weight excluding hydrogens is 320 g/mol. The quantitative estimate of drug-likeness (QED) is 0.453. The van der Waals surface area contributed by atoms with Gasteiger partial charge in [0.15, 0.2) is 5.78 Å². The number of rotatable bonds is 0. The predicted molar refractivity (Wildman–Crippen MR) is 89.2 cm³/mol. The minimum absolute atomic E-state index is 0.218. The standard InChI is InChI=1S/C20H26O5/c1-10-11-5-6-12-18-8-4-7-17(2,3)13(18)16(23)20(24,25-9-18)19(12,14(10)21)15(11)22/h4,8,11-13,15-16,22-24H,1,5-7,9H2,2-3H3/t11-,12-,13+,15+,16-,18+,19-,20-/m0/s1. The third-order valence-corrected chi connectivity index (χ3v) is 8.27. The van der Waals surface area contributed by atoms with Crippen LogP contribution in [0.4, 0.5) is 0 Å². The summed E-state index contributed by atoms with van der Waals surface area (Å²) in [5.41, 5.74) is -1.90. The largest absolute Gasteiger partial charge is 0.391 e. The second-order valence-corrected chi connectivity index (χ2v) is 9.52. The molecule has 5 heteroatoms. The van der Waals surface area contributed by atoms with E-state index in [1.807, 2.05) is 0 Å². The first-order valence-corrected chi connectivity index (χ1v) is 9.28. The van der Waals surface area contributed by atoms with Crippen molar-refractivity contribution in [2.75, 3.05) is 6.61 Å². The van der Waals surface area contributed by atoms with Crippen LogP contribution >= 0.6 is 0 Å². The first kappa shape index (κ1) is 16.2. The number of ether oxygens (including phenoxy) is 1. The van der Waals surface area contributed by atoms with Crippen LogP contribution in [0.5, 0.6) is 0 Å². The maximum Gasteiger partial charge on any atom is 0.208 e. The molecule has 2 heterocycles. The number of hydrogen-bond acceptors (Lipinski definition) is 5. The number of carbonyl (C=O) groups is 1. The summed E-state index contributed by atoms with van der Waals surface area (Å²) in [6.45, 7) is 8.38. The van der Waals surface area contributed by atoms with Crippen molar-refractivity contribution < 1.29 is 24.9 Å². The summed E-state index contributed by atoms with van der Waals surface area (Å²) in [5.74, 6) is -3.19. The highest BCUT2D eigenvalue weighted by molar-refractivity contribution is 6.05. The molecule has 0 aromatic rings. The second-order valence-electron chi connectivity index (χ2n) is 9.52. The number of ketones is 1. The van der Waals surface area contributed by atoms with Gasteiger partial charge in [0.1, 0.15) is 11.5 Å². The average Bonchev–Trinajstić information content (AvgIpc) is 2.66. The Morgan fingerprint density at radius 1 is 1.24 bits per heavy atom. The highest BCUT2D eigenvalue weighted by Crippen LogP contribution is 2.75. The van der Waals surface area contributed by atoms with Gasteiger partial charge >= 0.3 is 0 Å². The van der Waals surface area contributed by atoms with Crippen LogP contribution in [0.25, 0.3) is 0 Å². The molecule has 6 aliphatic rings. The van der Waals surface area contributed by atoms with E-state index in [1.54, 1.807) is 0 Å². The van der Waals surface area contributed by atoms with E-state index in [-0.39, 0.29) is 35.6 Å². The normalized spacial score (nSPS) is 58.2. The first-order valence-electron chi connectivity index (χ1n) is 9.28. The van der Waals surface area contributed by atoms with Crippen molar-refractivity contribution in [3.63, 3.8) is 0 Å². The second kappa shape index (κ2) is 4.28. The fourth-order valence-corrected chi connectivity index (χ4v) is 7.41. The highest BCUT2D eigenvalue weighted by Gasteiger charge is 2.85. The Bertz CT molecular complexity index is 726. The Morgan fingerprint density at radius 2 is 1.96 bits per heavy atom. The van der Waals surface area contributed by atoms with Crippen LogP contribution in [0.2, 0.25) is 0 Å². The molecule has 3 N–H and O–H groups in total. The lowest BCUT2D eigenvalue weighted by Crippen LogP contribution is -2.83. The molecule has 5 nitrogen and oxygen atoms in total. The molecule has 2 aliphatic heterocycles. The van der Waals surface area contributed by atoms with Crippen LogP contribution in [0, 0.1) is 34.0 Å². The molecule has 0 radical (unpaired) electrons. The van der Waals surface area contributed by atoms with E-state index < -0.39 is 28.8 Å². The monoisotopic (exact) mass is 346 g/mol. The molecule has 0 unspecified atom stereocenters. The fourth-order valence-electron chi connectivity index (χ4n) is 7.41. The van der Waals surface area contributed by atoms with Gasteiger partial charge in [0.25, 0.3) is 0 Å². The van der Waals surface area contributed by atoms with E-state index in [0.29, 0.717) is 12.0 Å². The van der Waals surface area contributed by atoms with E-state index >= 15 is 0 Å². The molecule has 0 amide bonds. The number of fused-ring (bicyclic) bond motifs is 2. The van der Waals surface area contributed by atoms with Crippen molar-refractivity contribution in [3.8, 4) is 0 Å². The van der Waals surface area contributed by atoms with E-state index in [1.165, 1.54) is 0 Å². The van der Waals surface area contributed by atoms with Gasteiger partial charge in [-0.25, -0.2) is 0 Å². The fraction of sp³-hybridized carbons (Fsp3) is 0.750. The summed E-state index contributed by atoms with van der Waals surface area (Å²) in [7, 11) is 0. The number of aliphatic hydroxyl groups excluding tert-OH is 2. The van der Waals surface area contributed by atoms with Gasteiger partial charge < -0.3 is 20.1 Å². The number of aliphatic hydroxyl groups is 3. The van der Waals surface area contributed by atoms with Crippen LogP contribution in [-0.2, 0) is 9.53 Å². The zero-order valence-electron chi connectivity index (χ0n) is 14.7. The molecule has 8 atom stereocenters. The van der Waals surface area contributed by atoms with Gasteiger partial charge in [-0.05, 0) is 36.2 Å². The summed E-state index contributed by atoms with van der Waals surface area (Å²) in [4.78, 5) is 13.3. The Balaban J connectivity index is 1.82. The van der Waals surface area contributed by atoms with Crippen molar-refractivity contribution in [3.05, 3.63) is 24.3 Å². The maximum atomic E-state index is 13.3. The summed E-state index contributed by atoms with van der Waals surface area (Å²) in [5, 5.41) is 33.9. The molecule has 6 rings (SSSR count). The molecular formula is C20H26O5. The van der Waals surface area contributed by atoms with Gasteiger partial charge in [0, 0.05) is 17.3 Å². The summed E-state index contributed by atoms with van der Waals surface area (Å²) in [6, 6.07) is 0. The zero-order chi connectivity index (χ0) is 18.0. The molecule has 0 aromatic heterocycles. The topological polar surface area (TPSA) is 87.0 Å². The predicted octanol–water partition coefficient (Wildman–Crippen LogP) is 1.18. The maximum absolute atomic E-state index is 13.3. The molecule has 2 saturated heterocycles. The smallest absolute Gasteiger partial charge is 0.208 e. The van der Waals surface area contributed by atoms with Crippen molar-refractivity contribution in [2.45, 2.75) is 51.1 Å². The van der Waals surface area contributed by atoms with Crippen LogP contribution < -0.4 is 0 Å². The molecule has 136 valence electrons. The lowest BCUT2D eigenvalue weighted by Gasteiger charge is -2.72. The van der Waals surface area contributed by atoms with E-state index in [9.17, 15) is 20.1 Å². The molecule has 2 spiro atoms. The number of Topliss-reactive ketones (excluding diaryl/α,β-unsaturated/α-hetero) is 1. The molecule has 0 aromatic carbocycles. The van der Waals surface area contributed by atoms with Gasteiger partial charge in [0.2, 0.25) is 5.79 Å². The molecule has 25 heavy (non-hydrogen) atoms. The molecule has 4 bridgehead atoms. The van der Waals surface area contributed by atoms with Gasteiger partial charge in [-0.3, -0.25) is 4.79 Å². The third-order valence-electron chi connectivity index (χ3n) is 8.27. The van der Waals surface area contributed by atoms with Crippen molar-refractivity contribution in [2.24, 2.45) is 34.0 Å². The van der Waals surface area contributed by atoms with Crippen molar-refractivity contribution in [1.82, 2.24) is 0 Å². The van der Waals surface area contributed by atoms with Gasteiger partial charge in [-0.15, -0.1) is 0 Å². The number of hydrogen-bond donors (Lipinski definition) is 3. The average molecular weight is 346 g/mol. The van der Waals surface area contributed by atoms with Gasteiger partial charge in [-0.1, -0.05) is 32.6 Å². The Morgan fingerprint density at radius 3 is 2.68 bits per heavy atom. The molecule has 4 aliphatic carbocycles. The van der Waals surface area contributed by atoms with Crippen molar-refractivity contribution in [1.29, 1.82) is 0 Å². The zero-order valence-corrected chi connectivity index (χ0v) is 14.7. The van der Waals surface area contributed by atoms with Gasteiger partial charge in [0.05, 0.1) is 12.7 Å². The minimum atomic E-state index is -2.05. The number of carbonyl (C=O) groups excluding carboxylic acids is 1. The van der Waals surface area contributed by atoms with E-state index in [0.717, 1.165) is 12.8 Å². The SMILES string of the molecule is C=C1C(=O)[C@]23[C@H](O)[C@H]1CC[C@H]2[C@]12C=CCC(C)(C)[C@H]1[C@H](O)[C@]3(O)OC2. The van der Waals surface area contributed by atoms with E-state index in [4.69, 9.17) is 4.74 Å². The van der Waals surface area contributed by atoms with E-state index in [2.05, 4.69) is 32.6 Å². The third kappa shape index (κ3) is 1.37. The van der Waals surface area contributed by atoms with Crippen molar-refractivity contribution >= 4 is 5.78 Å².